The number of carboxylic acids is 1. The predicted octanol–water partition coefficient (Wildman–Crippen LogP) is 2.22. The maximum Gasteiger partial charge on any atom is 0.311 e. The molecule has 0 aliphatic rings. The molecule has 88 valence electrons. The highest BCUT2D eigenvalue weighted by atomic mass is 16.5. The van der Waals surface area contributed by atoms with E-state index in [0.717, 1.165) is 12.8 Å². The van der Waals surface area contributed by atoms with Crippen molar-refractivity contribution in [2.75, 3.05) is 6.61 Å². The van der Waals surface area contributed by atoms with Gasteiger partial charge in [-0.3, -0.25) is 9.59 Å². The number of unbranched alkanes of at least 4 members (excludes halogenated alkanes) is 2. The van der Waals surface area contributed by atoms with Crippen LogP contribution in [0.4, 0.5) is 0 Å². The smallest absolute Gasteiger partial charge is 0.311 e. The molecule has 0 aliphatic heterocycles. The van der Waals surface area contributed by atoms with Gasteiger partial charge in [0.1, 0.15) is 0 Å². The zero-order valence-electron chi connectivity index (χ0n) is 9.71. The van der Waals surface area contributed by atoms with Crippen LogP contribution in [0.1, 0.15) is 46.5 Å². The lowest BCUT2D eigenvalue weighted by molar-refractivity contribution is -0.153. The van der Waals surface area contributed by atoms with Crippen LogP contribution in [0.5, 0.6) is 0 Å². The first-order valence-electron chi connectivity index (χ1n) is 5.23. The number of rotatable bonds is 6. The van der Waals surface area contributed by atoms with Gasteiger partial charge in [-0.15, -0.1) is 0 Å². The van der Waals surface area contributed by atoms with Crippen molar-refractivity contribution in [2.24, 2.45) is 5.41 Å². The minimum absolute atomic E-state index is 0.188. The molecule has 15 heavy (non-hydrogen) atoms. The summed E-state index contributed by atoms with van der Waals surface area (Å²) in [7, 11) is 0. The van der Waals surface area contributed by atoms with Crippen LogP contribution in [0.15, 0.2) is 0 Å². The van der Waals surface area contributed by atoms with E-state index < -0.39 is 11.4 Å². The molecule has 0 aromatic rings. The third-order valence-electron chi connectivity index (χ3n) is 1.88. The van der Waals surface area contributed by atoms with Crippen LogP contribution in [0.3, 0.4) is 0 Å². The zero-order valence-corrected chi connectivity index (χ0v) is 9.71. The Morgan fingerprint density at radius 1 is 1.13 bits per heavy atom. The van der Waals surface area contributed by atoms with Gasteiger partial charge in [0.05, 0.1) is 12.0 Å². The van der Waals surface area contributed by atoms with E-state index in [1.807, 2.05) is 0 Å². The van der Waals surface area contributed by atoms with Crippen LogP contribution >= 0.6 is 0 Å². The first-order valence-corrected chi connectivity index (χ1v) is 5.23. The monoisotopic (exact) mass is 216 g/mol. The molecule has 0 rings (SSSR count). The molecule has 0 bridgehead atoms. The number of carboxylic acid groups (broad SMARTS) is 1. The summed E-state index contributed by atoms with van der Waals surface area (Å²) in [5, 5.41) is 8.38. The number of hydrogen-bond acceptors (Lipinski definition) is 3. The summed E-state index contributed by atoms with van der Waals surface area (Å²) in [6, 6.07) is 0. The molecule has 4 heteroatoms. The quantitative estimate of drug-likeness (QED) is 0.546. The van der Waals surface area contributed by atoms with Crippen molar-refractivity contribution < 1.29 is 19.4 Å². The topological polar surface area (TPSA) is 63.6 Å². The molecule has 0 heterocycles. The van der Waals surface area contributed by atoms with E-state index in [0.29, 0.717) is 13.0 Å². The van der Waals surface area contributed by atoms with Crippen LogP contribution in [0.25, 0.3) is 0 Å². The predicted molar refractivity (Wildman–Crippen MR) is 56.5 cm³/mol. The van der Waals surface area contributed by atoms with Gasteiger partial charge in [0, 0.05) is 6.42 Å². The molecule has 0 aromatic carbocycles. The molecule has 0 atom stereocenters. The van der Waals surface area contributed by atoms with Crippen molar-refractivity contribution in [3.8, 4) is 0 Å². The lowest BCUT2D eigenvalue weighted by Gasteiger charge is -2.16. The summed E-state index contributed by atoms with van der Waals surface area (Å²) in [4.78, 5) is 21.5. The fourth-order valence-corrected chi connectivity index (χ4v) is 0.936. The Hall–Kier alpha value is -1.06. The average molecular weight is 216 g/mol. The van der Waals surface area contributed by atoms with Gasteiger partial charge in [0.15, 0.2) is 0 Å². The van der Waals surface area contributed by atoms with E-state index in [1.54, 1.807) is 20.8 Å². The summed E-state index contributed by atoms with van der Waals surface area (Å²) in [6.07, 6.45) is 2.34. The Bertz CT molecular complexity index is 215. The van der Waals surface area contributed by atoms with Crippen LogP contribution in [-0.2, 0) is 14.3 Å². The van der Waals surface area contributed by atoms with E-state index in [1.165, 1.54) is 0 Å². The second-order valence-corrected chi connectivity index (χ2v) is 4.59. The van der Waals surface area contributed by atoms with Gasteiger partial charge in [-0.25, -0.2) is 0 Å². The number of carbonyl (C=O) groups excluding carboxylic acids is 1. The van der Waals surface area contributed by atoms with Crippen LogP contribution < -0.4 is 0 Å². The van der Waals surface area contributed by atoms with Crippen molar-refractivity contribution in [2.45, 2.75) is 46.5 Å². The fourth-order valence-electron chi connectivity index (χ4n) is 0.936. The van der Waals surface area contributed by atoms with E-state index in [-0.39, 0.29) is 12.4 Å². The van der Waals surface area contributed by atoms with Gasteiger partial charge in [0.25, 0.3) is 0 Å². The van der Waals surface area contributed by atoms with Crippen molar-refractivity contribution in [1.29, 1.82) is 0 Å². The first-order chi connectivity index (χ1) is 6.84. The highest BCUT2D eigenvalue weighted by Gasteiger charge is 2.22. The van der Waals surface area contributed by atoms with Crippen molar-refractivity contribution in [1.82, 2.24) is 0 Å². The van der Waals surface area contributed by atoms with Gasteiger partial charge in [-0.1, -0.05) is 0 Å². The lowest BCUT2D eigenvalue weighted by atomic mass is 9.97. The number of aliphatic carboxylic acids is 1. The molecule has 0 radical (unpaired) electrons. The van der Waals surface area contributed by atoms with Gasteiger partial charge < -0.3 is 9.84 Å². The Labute approximate surface area is 90.6 Å². The molecular formula is C11H20O4. The first kappa shape index (κ1) is 13.9. The maximum absolute atomic E-state index is 11.3. The molecule has 1 N–H and O–H groups in total. The number of carbonyl (C=O) groups is 2. The SMILES string of the molecule is CC(C)(C)C(=O)OCCCCCC(=O)O. The summed E-state index contributed by atoms with van der Waals surface area (Å²) in [5.41, 5.74) is -0.457. The molecule has 0 saturated carbocycles. The highest BCUT2D eigenvalue weighted by Crippen LogP contribution is 2.15. The summed E-state index contributed by atoms with van der Waals surface area (Å²) in [6.45, 7) is 5.80. The zero-order chi connectivity index (χ0) is 11.9. The molecule has 0 aliphatic carbocycles. The maximum atomic E-state index is 11.3. The van der Waals surface area contributed by atoms with E-state index in [9.17, 15) is 9.59 Å². The Kier molecular flexibility index (Phi) is 5.97. The average Bonchev–Trinajstić information content (AvgIpc) is 2.08. The van der Waals surface area contributed by atoms with Gasteiger partial charge in [-0.2, -0.15) is 0 Å². The molecule has 0 amide bonds. The molecule has 0 saturated heterocycles. The second-order valence-electron chi connectivity index (χ2n) is 4.59. The van der Waals surface area contributed by atoms with Crippen LogP contribution in [-0.4, -0.2) is 23.7 Å². The van der Waals surface area contributed by atoms with Gasteiger partial charge >= 0.3 is 11.9 Å². The Balaban J connectivity index is 3.40. The standard InChI is InChI=1S/C11H20O4/c1-11(2,3)10(14)15-8-6-4-5-7-9(12)13/h4-8H2,1-3H3,(H,12,13). The normalized spacial score (nSPS) is 11.1. The number of hydrogen-bond donors (Lipinski definition) is 1. The van der Waals surface area contributed by atoms with Crippen molar-refractivity contribution in [3.63, 3.8) is 0 Å². The molecule has 4 nitrogen and oxygen atoms in total. The van der Waals surface area contributed by atoms with Gasteiger partial charge in [-0.05, 0) is 40.0 Å². The lowest BCUT2D eigenvalue weighted by Crippen LogP contribution is -2.23. The highest BCUT2D eigenvalue weighted by molar-refractivity contribution is 5.75. The van der Waals surface area contributed by atoms with E-state index in [2.05, 4.69) is 0 Å². The van der Waals surface area contributed by atoms with Crippen molar-refractivity contribution >= 4 is 11.9 Å². The number of ether oxygens (including phenoxy) is 1. The molecule has 0 unspecified atom stereocenters. The minimum Gasteiger partial charge on any atom is -0.481 e. The fraction of sp³-hybridized carbons (Fsp3) is 0.818. The molecule has 0 fully saturated rings. The molecular weight excluding hydrogens is 196 g/mol. The Morgan fingerprint density at radius 2 is 1.73 bits per heavy atom. The van der Waals surface area contributed by atoms with Crippen LogP contribution in [0.2, 0.25) is 0 Å². The third kappa shape index (κ3) is 7.97. The summed E-state index contributed by atoms with van der Waals surface area (Å²) in [5.74, 6) is -0.984. The Morgan fingerprint density at radius 3 is 2.20 bits per heavy atom. The van der Waals surface area contributed by atoms with E-state index >= 15 is 0 Å². The third-order valence-corrected chi connectivity index (χ3v) is 1.88. The summed E-state index contributed by atoms with van der Waals surface area (Å²) >= 11 is 0. The van der Waals surface area contributed by atoms with Gasteiger partial charge in [0.2, 0.25) is 0 Å². The molecule has 0 spiro atoms. The minimum atomic E-state index is -0.776. The molecule has 0 aromatic heterocycles. The summed E-state index contributed by atoms with van der Waals surface area (Å²) < 4.78 is 5.03. The number of esters is 1. The van der Waals surface area contributed by atoms with Crippen molar-refractivity contribution in [3.05, 3.63) is 0 Å². The largest absolute Gasteiger partial charge is 0.481 e. The second kappa shape index (κ2) is 6.43. The van der Waals surface area contributed by atoms with E-state index in [4.69, 9.17) is 9.84 Å². The van der Waals surface area contributed by atoms with Crippen LogP contribution in [0, 0.1) is 5.41 Å².